The number of hydrogen-bond acceptors (Lipinski definition) is 4. The first-order valence-electron chi connectivity index (χ1n) is 7.78. The Labute approximate surface area is 149 Å². The van der Waals surface area contributed by atoms with E-state index in [1.54, 1.807) is 18.2 Å². The summed E-state index contributed by atoms with van der Waals surface area (Å²) >= 11 is 0. The Hall–Kier alpha value is -2.81. The molecule has 0 saturated heterocycles. The quantitative estimate of drug-likeness (QED) is 0.709. The van der Waals surface area contributed by atoms with Crippen LogP contribution in [0.15, 0.2) is 47.4 Å². The highest BCUT2D eigenvalue weighted by Crippen LogP contribution is 2.29. The number of rotatable bonds is 5. The van der Waals surface area contributed by atoms with Gasteiger partial charge in [-0.1, -0.05) is 32.0 Å². The largest absolute Gasteiger partial charge is 0.279 e. The predicted octanol–water partition coefficient (Wildman–Crippen LogP) is 3.67. The standard InChI is InChI=1S/C17H16F2N4O2S/c1-10(2)16-20-17(22-21-16)11-6-3-4-9-14(11)23-26(24,25)15-12(18)7-5-8-13(15)19/h3-10,23H,1-2H3,(H,20,21,22). The SMILES string of the molecule is CC(C)c1nc(-c2ccccc2NS(=O)(=O)c2c(F)cccc2F)n[nH]1. The van der Waals surface area contributed by atoms with Crippen molar-refractivity contribution in [2.24, 2.45) is 0 Å². The topological polar surface area (TPSA) is 87.7 Å². The second-order valence-corrected chi connectivity index (χ2v) is 7.52. The van der Waals surface area contributed by atoms with Crippen molar-refractivity contribution in [2.75, 3.05) is 4.72 Å². The van der Waals surface area contributed by atoms with Crippen molar-refractivity contribution in [3.05, 3.63) is 59.9 Å². The monoisotopic (exact) mass is 378 g/mol. The summed E-state index contributed by atoms with van der Waals surface area (Å²) in [6.07, 6.45) is 0. The molecule has 1 heterocycles. The molecule has 3 rings (SSSR count). The highest BCUT2D eigenvalue weighted by molar-refractivity contribution is 7.92. The van der Waals surface area contributed by atoms with Gasteiger partial charge in [0.25, 0.3) is 10.0 Å². The average Bonchev–Trinajstić information content (AvgIpc) is 3.04. The Kier molecular flexibility index (Phi) is 4.73. The Balaban J connectivity index is 2.03. The number of H-pyrrole nitrogens is 1. The summed E-state index contributed by atoms with van der Waals surface area (Å²) in [5.41, 5.74) is 0.500. The molecule has 1 aromatic heterocycles. The zero-order chi connectivity index (χ0) is 18.9. The van der Waals surface area contributed by atoms with E-state index in [-0.39, 0.29) is 17.4 Å². The Bertz CT molecular complexity index is 1030. The van der Waals surface area contributed by atoms with Gasteiger partial charge in [-0.2, -0.15) is 5.10 Å². The first-order chi connectivity index (χ1) is 12.3. The number of sulfonamides is 1. The van der Waals surface area contributed by atoms with Crippen LogP contribution < -0.4 is 4.72 Å². The fourth-order valence-corrected chi connectivity index (χ4v) is 3.57. The maximum absolute atomic E-state index is 13.9. The van der Waals surface area contributed by atoms with E-state index in [9.17, 15) is 17.2 Å². The van der Waals surface area contributed by atoms with Crippen LogP contribution in [-0.2, 0) is 10.0 Å². The zero-order valence-corrected chi connectivity index (χ0v) is 14.8. The lowest BCUT2D eigenvalue weighted by Gasteiger charge is -2.12. The summed E-state index contributed by atoms with van der Waals surface area (Å²) < 4.78 is 55.0. The molecule has 9 heteroatoms. The molecule has 3 aromatic rings. The maximum atomic E-state index is 13.9. The maximum Gasteiger partial charge on any atom is 0.267 e. The van der Waals surface area contributed by atoms with Gasteiger partial charge in [0.15, 0.2) is 10.7 Å². The predicted molar refractivity (Wildman–Crippen MR) is 93.1 cm³/mol. The molecule has 0 aliphatic rings. The van der Waals surface area contributed by atoms with E-state index in [1.807, 2.05) is 13.8 Å². The number of nitrogens with one attached hydrogen (secondary N) is 2. The van der Waals surface area contributed by atoms with Crippen LogP contribution in [0.2, 0.25) is 0 Å². The first-order valence-corrected chi connectivity index (χ1v) is 9.26. The smallest absolute Gasteiger partial charge is 0.267 e. The molecular weight excluding hydrogens is 362 g/mol. The second-order valence-electron chi connectivity index (χ2n) is 5.90. The molecule has 0 amide bonds. The second kappa shape index (κ2) is 6.83. The molecule has 0 atom stereocenters. The Morgan fingerprint density at radius 3 is 2.31 bits per heavy atom. The van der Waals surface area contributed by atoms with Crippen molar-refractivity contribution in [1.29, 1.82) is 0 Å². The van der Waals surface area contributed by atoms with E-state index in [4.69, 9.17) is 0 Å². The van der Waals surface area contributed by atoms with Gasteiger partial charge in [0.2, 0.25) is 0 Å². The normalized spacial score (nSPS) is 11.7. The number of anilines is 1. The van der Waals surface area contributed by atoms with Crippen LogP contribution in [0.5, 0.6) is 0 Å². The van der Waals surface area contributed by atoms with Gasteiger partial charge in [-0.05, 0) is 24.3 Å². The van der Waals surface area contributed by atoms with Gasteiger partial charge in [-0.3, -0.25) is 9.82 Å². The molecule has 6 nitrogen and oxygen atoms in total. The molecule has 0 bridgehead atoms. The van der Waals surface area contributed by atoms with Gasteiger partial charge >= 0.3 is 0 Å². The number of para-hydroxylation sites is 1. The lowest BCUT2D eigenvalue weighted by Crippen LogP contribution is -2.17. The van der Waals surface area contributed by atoms with Crippen molar-refractivity contribution in [3.63, 3.8) is 0 Å². The van der Waals surface area contributed by atoms with Gasteiger partial charge in [0, 0.05) is 11.5 Å². The molecular formula is C17H16F2N4O2S. The van der Waals surface area contributed by atoms with Crippen LogP contribution in [0, 0.1) is 11.6 Å². The van der Waals surface area contributed by atoms with Crippen LogP contribution in [0.4, 0.5) is 14.5 Å². The first kappa shape index (κ1) is 18.0. The van der Waals surface area contributed by atoms with E-state index >= 15 is 0 Å². The summed E-state index contributed by atoms with van der Waals surface area (Å²) in [5.74, 6) is -1.32. The summed E-state index contributed by atoms with van der Waals surface area (Å²) in [5, 5.41) is 6.87. The molecule has 0 unspecified atom stereocenters. The number of aromatic nitrogens is 3. The van der Waals surface area contributed by atoms with E-state index in [1.165, 1.54) is 6.07 Å². The molecule has 0 spiro atoms. The third-order valence-corrected chi connectivity index (χ3v) is 5.07. The lowest BCUT2D eigenvalue weighted by atomic mass is 10.1. The van der Waals surface area contributed by atoms with Crippen LogP contribution >= 0.6 is 0 Å². The van der Waals surface area contributed by atoms with Crippen molar-refractivity contribution in [3.8, 4) is 11.4 Å². The number of aromatic amines is 1. The van der Waals surface area contributed by atoms with Gasteiger partial charge in [0.05, 0.1) is 5.69 Å². The third kappa shape index (κ3) is 3.43. The van der Waals surface area contributed by atoms with Gasteiger partial charge < -0.3 is 0 Å². The molecule has 0 fully saturated rings. The molecule has 0 radical (unpaired) electrons. The minimum atomic E-state index is -4.48. The van der Waals surface area contributed by atoms with Crippen LogP contribution in [0.3, 0.4) is 0 Å². The average molecular weight is 378 g/mol. The van der Waals surface area contributed by atoms with Crippen molar-refractivity contribution in [1.82, 2.24) is 15.2 Å². The highest BCUT2D eigenvalue weighted by atomic mass is 32.2. The van der Waals surface area contributed by atoms with Gasteiger partial charge in [-0.25, -0.2) is 22.2 Å². The van der Waals surface area contributed by atoms with Crippen LogP contribution in [-0.4, -0.2) is 23.6 Å². The fourth-order valence-electron chi connectivity index (χ4n) is 2.36. The van der Waals surface area contributed by atoms with E-state index < -0.39 is 26.6 Å². The number of benzene rings is 2. The van der Waals surface area contributed by atoms with E-state index in [0.29, 0.717) is 11.4 Å². The fraction of sp³-hybridized carbons (Fsp3) is 0.176. The lowest BCUT2D eigenvalue weighted by molar-refractivity contribution is 0.521. The summed E-state index contributed by atoms with van der Waals surface area (Å²) in [6.45, 7) is 3.86. The Morgan fingerprint density at radius 2 is 1.69 bits per heavy atom. The summed E-state index contributed by atoms with van der Waals surface area (Å²) in [4.78, 5) is 3.29. The van der Waals surface area contributed by atoms with Crippen molar-refractivity contribution in [2.45, 2.75) is 24.7 Å². The van der Waals surface area contributed by atoms with Crippen molar-refractivity contribution < 1.29 is 17.2 Å². The summed E-state index contributed by atoms with van der Waals surface area (Å²) in [6, 6.07) is 9.22. The molecule has 0 aliphatic carbocycles. The van der Waals surface area contributed by atoms with Gasteiger partial charge in [0.1, 0.15) is 17.5 Å². The molecule has 26 heavy (non-hydrogen) atoms. The van der Waals surface area contributed by atoms with Gasteiger partial charge in [-0.15, -0.1) is 0 Å². The third-order valence-electron chi connectivity index (χ3n) is 3.65. The van der Waals surface area contributed by atoms with Crippen molar-refractivity contribution >= 4 is 15.7 Å². The van der Waals surface area contributed by atoms with Crippen LogP contribution in [0.25, 0.3) is 11.4 Å². The number of nitrogens with zero attached hydrogens (tertiary/aromatic N) is 2. The Morgan fingerprint density at radius 1 is 1.04 bits per heavy atom. The minimum absolute atomic E-state index is 0.104. The van der Waals surface area contributed by atoms with E-state index in [2.05, 4.69) is 19.9 Å². The zero-order valence-electron chi connectivity index (χ0n) is 14.0. The highest BCUT2D eigenvalue weighted by Gasteiger charge is 2.25. The molecule has 0 aliphatic heterocycles. The summed E-state index contributed by atoms with van der Waals surface area (Å²) in [7, 11) is -4.48. The minimum Gasteiger partial charge on any atom is -0.279 e. The number of halogens is 2. The molecule has 2 aromatic carbocycles. The molecule has 136 valence electrons. The molecule has 0 saturated carbocycles. The number of hydrogen-bond donors (Lipinski definition) is 2. The molecule has 2 N–H and O–H groups in total. The van der Waals surface area contributed by atoms with E-state index in [0.717, 1.165) is 18.2 Å². The van der Waals surface area contributed by atoms with Crippen LogP contribution in [0.1, 0.15) is 25.6 Å².